The normalized spacial score (nSPS) is 10.7. The first kappa shape index (κ1) is 13.8. The zero-order valence-corrected chi connectivity index (χ0v) is 12.4. The highest BCUT2D eigenvalue weighted by Gasteiger charge is 2.10. The number of hydrogen-bond donors (Lipinski definition) is 1. The topological polar surface area (TPSA) is 55.1 Å². The van der Waals surface area contributed by atoms with Gasteiger partial charge in [-0.05, 0) is 53.0 Å². The molecule has 100 valence electrons. The summed E-state index contributed by atoms with van der Waals surface area (Å²) < 4.78 is 2.62. The maximum Gasteiger partial charge on any atom is 0.303 e. The highest BCUT2D eigenvalue weighted by Crippen LogP contribution is 2.20. The monoisotopic (exact) mass is 322 g/mol. The van der Waals surface area contributed by atoms with Gasteiger partial charge in [-0.3, -0.25) is 4.79 Å². The number of aromatic nitrogens is 2. The number of aryl methyl sites for hydroxylation is 3. The summed E-state index contributed by atoms with van der Waals surface area (Å²) >= 11 is 3.43. The van der Waals surface area contributed by atoms with E-state index < -0.39 is 5.97 Å². The Kier molecular flexibility index (Phi) is 4.04. The van der Waals surface area contributed by atoms with Crippen LogP contribution >= 0.6 is 15.9 Å². The lowest BCUT2D eigenvalue weighted by Gasteiger charge is -2.04. The SMILES string of the molecule is Cc1cc(C)cc(-n2cc(Br)c(CCC(=O)O)n2)c1. The molecule has 0 saturated heterocycles. The van der Waals surface area contributed by atoms with E-state index >= 15 is 0 Å². The molecule has 0 aliphatic carbocycles. The summed E-state index contributed by atoms with van der Waals surface area (Å²) in [5.41, 5.74) is 4.10. The predicted octanol–water partition coefficient (Wildman–Crippen LogP) is 3.27. The van der Waals surface area contributed by atoms with Gasteiger partial charge in [0.2, 0.25) is 0 Å². The van der Waals surface area contributed by atoms with Crippen molar-refractivity contribution in [1.82, 2.24) is 9.78 Å². The lowest BCUT2D eigenvalue weighted by molar-refractivity contribution is -0.136. The van der Waals surface area contributed by atoms with Gasteiger partial charge < -0.3 is 5.11 Å². The Morgan fingerprint density at radius 1 is 1.32 bits per heavy atom. The summed E-state index contributed by atoms with van der Waals surface area (Å²) in [5.74, 6) is -0.812. The summed E-state index contributed by atoms with van der Waals surface area (Å²) in [7, 11) is 0. The molecule has 1 N–H and O–H groups in total. The quantitative estimate of drug-likeness (QED) is 0.939. The zero-order valence-electron chi connectivity index (χ0n) is 10.9. The van der Waals surface area contributed by atoms with Crippen molar-refractivity contribution < 1.29 is 9.90 Å². The number of aliphatic carboxylic acids is 1. The van der Waals surface area contributed by atoms with Gasteiger partial charge >= 0.3 is 5.97 Å². The van der Waals surface area contributed by atoms with E-state index in [-0.39, 0.29) is 6.42 Å². The smallest absolute Gasteiger partial charge is 0.303 e. The van der Waals surface area contributed by atoms with Gasteiger partial charge in [0.15, 0.2) is 0 Å². The number of halogens is 1. The van der Waals surface area contributed by atoms with Crippen molar-refractivity contribution in [2.24, 2.45) is 0 Å². The van der Waals surface area contributed by atoms with Crippen LogP contribution < -0.4 is 0 Å². The van der Waals surface area contributed by atoms with Crippen LogP contribution in [0.5, 0.6) is 0 Å². The van der Waals surface area contributed by atoms with Crippen molar-refractivity contribution >= 4 is 21.9 Å². The van der Waals surface area contributed by atoms with E-state index in [1.54, 1.807) is 4.68 Å². The van der Waals surface area contributed by atoms with Gasteiger partial charge in [0.25, 0.3) is 0 Å². The maximum absolute atomic E-state index is 10.6. The summed E-state index contributed by atoms with van der Waals surface area (Å²) in [6, 6.07) is 6.20. The first-order valence-corrected chi connectivity index (χ1v) is 6.79. The second-order valence-corrected chi connectivity index (χ2v) is 5.46. The molecule has 0 atom stereocenters. The Bertz CT molecular complexity index is 600. The minimum absolute atomic E-state index is 0.0858. The molecule has 0 amide bonds. The number of hydrogen-bond acceptors (Lipinski definition) is 2. The van der Waals surface area contributed by atoms with Crippen LogP contribution in [0.1, 0.15) is 23.2 Å². The van der Waals surface area contributed by atoms with Crippen molar-refractivity contribution in [3.05, 3.63) is 45.7 Å². The van der Waals surface area contributed by atoms with Crippen LogP contribution in [0, 0.1) is 13.8 Å². The fourth-order valence-corrected chi connectivity index (χ4v) is 2.47. The van der Waals surface area contributed by atoms with E-state index in [0.717, 1.165) is 15.9 Å². The molecule has 0 aliphatic rings. The van der Waals surface area contributed by atoms with Gasteiger partial charge in [0, 0.05) is 12.6 Å². The zero-order chi connectivity index (χ0) is 14.0. The van der Waals surface area contributed by atoms with Crippen LogP contribution in [-0.2, 0) is 11.2 Å². The van der Waals surface area contributed by atoms with Crippen molar-refractivity contribution in [2.75, 3.05) is 0 Å². The van der Waals surface area contributed by atoms with Crippen LogP contribution in [0.4, 0.5) is 0 Å². The molecule has 0 unspecified atom stereocenters. The van der Waals surface area contributed by atoms with E-state index in [9.17, 15) is 4.79 Å². The largest absolute Gasteiger partial charge is 0.481 e. The molecule has 0 bridgehead atoms. The predicted molar refractivity (Wildman–Crippen MR) is 76.7 cm³/mol. The van der Waals surface area contributed by atoms with E-state index in [1.165, 1.54) is 11.1 Å². The molecule has 1 aromatic heterocycles. The second-order valence-electron chi connectivity index (χ2n) is 4.61. The van der Waals surface area contributed by atoms with Crippen LogP contribution in [0.25, 0.3) is 5.69 Å². The average Bonchev–Trinajstić information content (AvgIpc) is 2.67. The van der Waals surface area contributed by atoms with Gasteiger partial charge in [-0.25, -0.2) is 4.68 Å². The van der Waals surface area contributed by atoms with Gasteiger partial charge in [-0.2, -0.15) is 5.10 Å². The Morgan fingerprint density at radius 3 is 2.53 bits per heavy atom. The molecule has 19 heavy (non-hydrogen) atoms. The first-order chi connectivity index (χ1) is 8.95. The highest BCUT2D eigenvalue weighted by molar-refractivity contribution is 9.10. The molecule has 0 aliphatic heterocycles. The molecular formula is C14H15BrN2O2. The lowest BCUT2D eigenvalue weighted by Crippen LogP contribution is -2.00. The summed E-state index contributed by atoms with van der Waals surface area (Å²) in [6.45, 7) is 4.08. The molecule has 2 aromatic rings. The molecule has 4 nitrogen and oxygen atoms in total. The number of carbonyl (C=O) groups is 1. The Morgan fingerprint density at radius 2 is 1.95 bits per heavy atom. The molecular weight excluding hydrogens is 308 g/mol. The van der Waals surface area contributed by atoms with Gasteiger partial charge in [-0.15, -0.1) is 0 Å². The Balaban J connectivity index is 2.30. The fourth-order valence-electron chi connectivity index (χ4n) is 2.00. The molecule has 0 saturated carbocycles. The Labute approximate surface area is 120 Å². The van der Waals surface area contributed by atoms with Crippen molar-refractivity contribution in [1.29, 1.82) is 0 Å². The molecule has 0 fully saturated rings. The number of carboxylic acid groups (broad SMARTS) is 1. The fraction of sp³-hybridized carbons (Fsp3) is 0.286. The van der Waals surface area contributed by atoms with Crippen LogP contribution in [-0.4, -0.2) is 20.9 Å². The number of carboxylic acids is 1. The van der Waals surface area contributed by atoms with Crippen molar-refractivity contribution in [3.8, 4) is 5.69 Å². The standard InChI is InChI=1S/C14H15BrN2O2/c1-9-5-10(2)7-11(6-9)17-8-12(15)13(16-17)3-4-14(18)19/h5-8H,3-4H2,1-2H3,(H,18,19). The first-order valence-electron chi connectivity index (χ1n) is 6.00. The lowest BCUT2D eigenvalue weighted by atomic mass is 10.1. The van der Waals surface area contributed by atoms with Crippen LogP contribution in [0.3, 0.4) is 0 Å². The summed E-state index contributed by atoms with van der Waals surface area (Å²) in [5, 5.41) is 13.2. The average molecular weight is 323 g/mol. The van der Waals surface area contributed by atoms with Gasteiger partial charge in [0.1, 0.15) is 0 Å². The third kappa shape index (κ3) is 3.44. The van der Waals surface area contributed by atoms with Crippen molar-refractivity contribution in [3.63, 3.8) is 0 Å². The minimum atomic E-state index is -0.812. The number of nitrogens with zero attached hydrogens (tertiary/aromatic N) is 2. The van der Waals surface area contributed by atoms with E-state index in [0.29, 0.717) is 6.42 Å². The third-order valence-electron chi connectivity index (χ3n) is 2.79. The number of benzene rings is 1. The molecule has 2 rings (SSSR count). The van der Waals surface area contributed by atoms with E-state index in [2.05, 4.69) is 27.1 Å². The second kappa shape index (κ2) is 5.57. The number of rotatable bonds is 4. The minimum Gasteiger partial charge on any atom is -0.481 e. The molecule has 5 heteroatoms. The van der Waals surface area contributed by atoms with Crippen LogP contribution in [0.15, 0.2) is 28.9 Å². The van der Waals surface area contributed by atoms with Crippen LogP contribution in [0.2, 0.25) is 0 Å². The Hall–Kier alpha value is -1.62. The van der Waals surface area contributed by atoms with E-state index in [1.807, 2.05) is 32.2 Å². The van der Waals surface area contributed by atoms with E-state index in [4.69, 9.17) is 5.11 Å². The third-order valence-corrected chi connectivity index (χ3v) is 3.45. The summed E-state index contributed by atoms with van der Waals surface area (Å²) in [4.78, 5) is 10.6. The maximum atomic E-state index is 10.6. The van der Waals surface area contributed by atoms with Crippen molar-refractivity contribution in [2.45, 2.75) is 26.7 Å². The molecule has 1 aromatic carbocycles. The van der Waals surface area contributed by atoms with Gasteiger partial charge in [0.05, 0.1) is 22.3 Å². The summed E-state index contributed by atoms with van der Waals surface area (Å²) in [6.07, 6.45) is 2.38. The molecule has 0 spiro atoms. The highest BCUT2D eigenvalue weighted by atomic mass is 79.9. The van der Waals surface area contributed by atoms with Gasteiger partial charge in [-0.1, -0.05) is 6.07 Å². The molecule has 0 radical (unpaired) electrons. The molecule has 1 heterocycles.